The van der Waals surface area contributed by atoms with Gasteiger partial charge in [-0.25, -0.2) is 0 Å². The maximum atomic E-state index is 11.2. The highest BCUT2D eigenvalue weighted by molar-refractivity contribution is 5.97. The molecular weight excluding hydrogens is 150 g/mol. The summed E-state index contributed by atoms with van der Waals surface area (Å²) in [4.78, 5) is 13.2. The molecule has 0 bridgehead atoms. The summed E-state index contributed by atoms with van der Waals surface area (Å²) >= 11 is 0. The molecule has 1 aliphatic rings. The Hall–Kier alpha value is -1.05. The van der Waals surface area contributed by atoms with Crippen molar-refractivity contribution in [1.29, 1.82) is 0 Å². The van der Waals surface area contributed by atoms with E-state index in [1.807, 2.05) is 20.2 Å². The first-order valence-electron chi connectivity index (χ1n) is 4.21. The van der Waals surface area contributed by atoms with Crippen LogP contribution < -0.4 is 0 Å². The average molecular weight is 165 g/mol. The molecule has 0 atom stereocenters. The zero-order valence-electron chi connectivity index (χ0n) is 7.92. The number of Topliss-reactive ketones (excluding diaryl/α,β-unsaturated/α-hetero) is 1. The van der Waals surface area contributed by atoms with Crippen LogP contribution in [0.15, 0.2) is 23.4 Å². The minimum Gasteiger partial charge on any atom is -0.380 e. The maximum absolute atomic E-state index is 11.2. The Balaban J connectivity index is 2.95. The molecule has 0 aromatic carbocycles. The summed E-state index contributed by atoms with van der Waals surface area (Å²) < 4.78 is 0. The Bertz CT molecular complexity index is 251. The summed E-state index contributed by atoms with van der Waals surface area (Å²) in [7, 11) is 2.00. The summed E-state index contributed by atoms with van der Waals surface area (Å²) in [5, 5.41) is 0. The molecule has 0 spiro atoms. The van der Waals surface area contributed by atoms with Crippen LogP contribution in [0.3, 0.4) is 0 Å². The number of carbonyl (C=O) groups excluding carboxylic acids is 1. The van der Waals surface area contributed by atoms with Crippen molar-refractivity contribution in [2.75, 3.05) is 13.6 Å². The standard InChI is InChI=1S/C10H15NO/c1-8-5-4-6-11(3)7-10(8)9(2)12/h5,7H,4,6H2,1-3H3. The first kappa shape index (κ1) is 9.04. The number of nitrogens with zero attached hydrogens (tertiary/aromatic N) is 1. The molecule has 0 amide bonds. The van der Waals surface area contributed by atoms with Gasteiger partial charge in [-0.05, 0) is 25.8 Å². The molecule has 0 aliphatic carbocycles. The van der Waals surface area contributed by atoms with Gasteiger partial charge in [0.05, 0.1) is 0 Å². The Morgan fingerprint density at radius 3 is 2.83 bits per heavy atom. The topological polar surface area (TPSA) is 20.3 Å². The second-order valence-electron chi connectivity index (χ2n) is 3.26. The number of carbonyl (C=O) groups is 1. The van der Waals surface area contributed by atoms with Crippen LogP contribution in [0.5, 0.6) is 0 Å². The molecule has 0 fully saturated rings. The van der Waals surface area contributed by atoms with Crippen molar-refractivity contribution in [2.24, 2.45) is 0 Å². The Morgan fingerprint density at radius 2 is 2.25 bits per heavy atom. The lowest BCUT2D eigenvalue weighted by atomic mass is 10.1. The number of hydrogen-bond acceptors (Lipinski definition) is 2. The van der Waals surface area contributed by atoms with Crippen LogP contribution in [0, 0.1) is 0 Å². The summed E-state index contributed by atoms with van der Waals surface area (Å²) in [5.74, 6) is 0.150. The molecule has 0 saturated carbocycles. The van der Waals surface area contributed by atoms with Gasteiger partial charge in [0.25, 0.3) is 0 Å². The predicted octanol–water partition coefficient (Wildman–Crippen LogP) is 1.74. The summed E-state index contributed by atoms with van der Waals surface area (Å²) in [6.45, 7) is 4.60. The Kier molecular flexibility index (Phi) is 2.69. The third-order valence-corrected chi connectivity index (χ3v) is 2.09. The van der Waals surface area contributed by atoms with Crippen molar-refractivity contribution in [3.8, 4) is 0 Å². The predicted molar refractivity (Wildman–Crippen MR) is 49.8 cm³/mol. The van der Waals surface area contributed by atoms with Gasteiger partial charge in [-0.1, -0.05) is 6.08 Å². The van der Waals surface area contributed by atoms with Crippen molar-refractivity contribution in [3.05, 3.63) is 23.4 Å². The van der Waals surface area contributed by atoms with Gasteiger partial charge < -0.3 is 4.90 Å². The van der Waals surface area contributed by atoms with Crippen LogP contribution in [0.4, 0.5) is 0 Å². The van der Waals surface area contributed by atoms with Crippen molar-refractivity contribution in [2.45, 2.75) is 20.3 Å². The van der Waals surface area contributed by atoms with E-state index in [-0.39, 0.29) is 5.78 Å². The number of rotatable bonds is 1. The summed E-state index contributed by atoms with van der Waals surface area (Å²) in [5.41, 5.74) is 1.95. The molecule has 0 aromatic heterocycles. The molecule has 66 valence electrons. The van der Waals surface area contributed by atoms with E-state index in [2.05, 4.69) is 11.0 Å². The normalized spacial score (nSPS) is 18.1. The van der Waals surface area contributed by atoms with Crippen molar-refractivity contribution in [3.63, 3.8) is 0 Å². The first-order valence-corrected chi connectivity index (χ1v) is 4.21. The lowest BCUT2D eigenvalue weighted by Crippen LogP contribution is -2.12. The van der Waals surface area contributed by atoms with Gasteiger partial charge in [0, 0.05) is 25.4 Å². The Morgan fingerprint density at radius 1 is 1.58 bits per heavy atom. The molecule has 2 nitrogen and oxygen atoms in total. The van der Waals surface area contributed by atoms with Crippen LogP contribution in [0.2, 0.25) is 0 Å². The summed E-state index contributed by atoms with van der Waals surface area (Å²) in [6, 6.07) is 0. The Labute approximate surface area is 73.6 Å². The van der Waals surface area contributed by atoms with E-state index >= 15 is 0 Å². The molecular formula is C10H15NO. The second kappa shape index (κ2) is 3.57. The molecule has 12 heavy (non-hydrogen) atoms. The van der Waals surface area contributed by atoms with Crippen LogP contribution in [0.25, 0.3) is 0 Å². The van der Waals surface area contributed by atoms with Gasteiger partial charge >= 0.3 is 0 Å². The van der Waals surface area contributed by atoms with Crippen molar-refractivity contribution in [1.82, 2.24) is 4.90 Å². The fourth-order valence-electron chi connectivity index (χ4n) is 1.35. The van der Waals surface area contributed by atoms with Crippen molar-refractivity contribution < 1.29 is 4.79 Å². The zero-order chi connectivity index (χ0) is 9.14. The highest BCUT2D eigenvalue weighted by atomic mass is 16.1. The van der Waals surface area contributed by atoms with E-state index < -0.39 is 0 Å². The van der Waals surface area contributed by atoms with Gasteiger partial charge in [0.1, 0.15) is 0 Å². The van der Waals surface area contributed by atoms with E-state index in [0.29, 0.717) is 0 Å². The zero-order valence-corrected chi connectivity index (χ0v) is 7.92. The highest BCUT2D eigenvalue weighted by Gasteiger charge is 2.09. The van der Waals surface area contributed by atoms with E-state index in [4.69, 9.17) is 0 Å². The SMILES string of the molecule is CC(=O)C1=CN(C)CCC=C1C. The van der Waals surface area contributed by atoms with Crippen molar-refractivity contribution >= 4 is 5.78 Å². The van der Waals surface area contributed by atoms with E-state index in [1.165, 1.54) is 0 Å². The fraction of sp³-hybridized carbons (Fsp3) is 0.500. The maximum Gasteiger partial charge on any atom is 0.161 e. The monoisotopic (exact) mass is 165 g/mol. The van der Waals surface area contributed by atoms with Crippen LogP contribution in [-0.4, -0.2) is 24.3 Å². The fourth-order valence-corrected chi connectivity index (χ4v) is 1.35. The largest absolute Gasteiger partial charge is 0.380 e. The third-order valence-electron chi connectivity index (χ3n) is 2.09. The number of ketones is 1. The van der Waals surface area contributed by atoms with Gasteiger partial charge in [0.15, 0.2) is 5.78 Å². The van der Waals surface area contributed by atoms with Gasteiger partial charge in [0.2, 0.25) is 0 Å². The van der Waals surface area contributed by atoms with Gasteiger partial charge in [-0.15, -0.1) is 0 Å². The van der Waals surface area contributed by atoms with Crippen LogP contribution >= 0.6 is 0 Å². The van der Waals surface area contributed by atoms with E-state index in [9.17, 15) is 4.79 Å². The smallest absolute Gasteiger partial charge is 0.161 e. The molecule has 0 saturated heterocycles. The van der Waals surface area contributed by atoms with Gasteiger partial charge in [-0.3, -0.25) is 4.79 Å². The lowest BCUT2D eigenvalue weighted by molar-refractivity contribution is -0.113. The molecule has 1 aliphatic heterocycles. The number of hydrogen-bond donors (Lipinski definition) is 0. The van der Waals surface area contributed by atoms with Crippen LogP contribution in [0.1, 0.15) is 20.3 Å². The molecule has 0 aromatic rings. The summed E-state index contributed by atoms with van der Waals surface area (Å²) in [6.07, 6.45) is 5.08. The minimum absolute atomic E-state index is 0.150. The average Bonchev–Trinajstić information content (AvgIpc) is 2.13. The number of allylic oxidation sites excluding steroid dienone is 2. The molecule has 0 N–H and O–H groups in total. The first-order chi connectivity index (χ1) is 5.61. The third kappa shape index (κ3) is 1.97. The van der Waals surface area contributed by atoms with Crippen LogP contribution in [-0.2, 0) is 4.79 Å². The molecule has 1 heterocycles. The molecule has 1 rings (SSSR count). The van der Waals surface area contributed by atoms with E-state index in [0.717, 1.165) is 24.1 Å². The minimum atomic E-state index is 0.150. The van der Waals surface area contributed by atoms with Gasteiger partial charge in [-0.2, -0.15) is 0 Å². The highest BCUT2D eigenvalue weighted by Crippen LogP contribution is 2.15. The molecule has 0 unspecified atom stereocenters. The second-order valence-corrected chi connectivity index (χ2v) is 3.26. The van der Waals surface area contributed by atoms with E-state index in [1.54, 1.807) is 6.92 Å². The molecule has 2 heteroatoms. The lowest BCUT2D eigenvalue weighted by Gasteiger charge is -2.11. The molecule has 0 radical (unpaired) electrons. The quantitative estimate of drug-likeness (QED) is 0.590.